The molecule has 9 heteroatoms. The zero-order valence-electron chi connectivity index (χ0n) is 17.4. The van der Waals surface area contributed by atoms with E-state index in [-0.39, 0.29) is 16.1 Å². The normalized spacial score (nSPS) is 12.2. The molecular weight excluding hydrogens is 487 g/mol. The standard InChI is InChI=1S/C23H22Cl2N2O3S2/c1-3-22(31-19-10-5-16(24)6-11-19)23(28)26-17-8-12-20(13-9-17)32(29,30)27-18-7-4-15(2)21(25)14-18/h4-14,22,27H,3H2,1-2H3,(H,26,28)/t22-/m0/s1. The topological polar surface area (TPSA) is 75.3 Å². The van der Waals surface area contributed by atoms with Crippen LogP contribution in [0.1, 0.15) is 18.9 Å². The van der Waals surface area contributed by atoms with Crippen molar-refractivity contribution in [2.75, 3.05) is 10.0 Å². The number of nitrogens with one attached hydrogen (secondary N) is 2. The molecule has 0 unspecified atom stereocenters. The first-order chi connectivity index (χ1) is 15.2. The quantitative estimate of drug-likeness (QED) is 0.335. The number of thioether (sulfide) groups is 1. The van der Waals surface area contributed by atoms with E-state index >= 15 is 0 Å². The highest BCUT2D eigenvalue weighted by molar-refractivity contribution is 8.00. The molecule has 0 radical (unpaired) electrons. The van der Waals surface area contributed by atoms with Crippen LogP contribution >= 0.6 is 35.0 Å². The molecule has 3 rings (SSSR count). The van der Waals surface area contributed by atoms with E-state index in [1.165, 1.54) is 23.9 Å². The van der Waals surface area contributed by atoms with Gasteiger partial charge in [-0.2, -0.15) is 0 Å². The SMILES string of the molecule is CC[C@H](Sc1ccc(Cl)cc1)C(=O)Nc1ccc(S(=O)(=O)Nc2ccc(C)c(Cl)c2)cc1. The first-order valence-corrected chi connectivity index (χ1v) is 12.9. The number of carbonyl (C=O) groups excluding carboxylic acids is 1. The summed E-state index contributed by atoms with van der Waals surface area (Å²) in [5.74, 6) is -0.157. The molecule has 3 aromatic rings. The first-order valence-electron chi connectivity index (χ1n) is 9.80. The lowest BCUT2D eigenvalue weighted by Gasteiger charge is -2.15. The Morgan fingerprint density at radius 2 is 1.59 bits per heavy atom. The number of sulfonamides is 1. The molecule has 0 fully saturated rings. The number of benzene rings is 3. The molecule has 2 N–H and O–H groups in total. The number of carbonyl (C=O) groups is 1. The van der Waals surface area contributed by atoms with Gasteiger partial charge in [0, 0.05) is 20.6 Å². The van der Waals surface area contributed by atoms with Crippen molar-refractivity contribution in [1.82, 2.24) is 0 Å². The predicted octanol–water partition coefficient (Wildman–Crippen LogP) is 6.61. The second kappa shape index (κ2) is 10.6. The van der Waals surface area contributed by atoms with Crippen molar-refractivity contribution in [2.45, 2.75) is 35.3 Å². The zero-order valence-corrected chi connectivity index (χ0v) is 20.6. The number of hydrogen-bond acceptors (Lipinski definition) is 4. The molecule has 0 saturated carbocycles. The zero-order chi connectivity index (χ0) is 23.3. The van der Waals surface area contributed by atoms with Gasteiger partial charge in [-0.05, 0) is 79.6 Å². The van der Waals surface area contributed by atoms with E-state index in [4.69, 9.17) is 23.2 Å². The second-order valence-electron chi connectivity index (χ2n) is 7.05. The summed E-state index contributed by atoms with van der Waals surface area (Å²) in [6, 6.07) is 18.3. The maximum absolute atomic E-state index is 12.7. The number of aryl methyl sites for hydroxylation is 1. The number of amides is 1. The number of anilines is 2. The third-order valence-corrected chi connectivity index (χ3v) is 8.04. The lowest BCUT2D eigenvalue weighted by atomic mass is 10.2. The van der Waals surface area contributed by atoms with Crippen LogP contribution < -0.4 is 10.0 Å². The summed E-state index contributed by atoms with van der Waals surface area (Å²) in [7, 11) is -3.79. The molecule has 5 nitrogen and oxygen atoms in total. The van der Waals surface area contributed by atoms with Crippen molar-refractivity contribution in [3.63, 3.8) is 0 Å². The van der Waals surface area contributed by atoms with Crippen molar-refractivity contribution in [3.8, 4) is 0 Å². The van der Waals surface area contributed by atoms with Crippen LogP contribution in [0, 0.1) is 6.92 Å². The molecule has 0 spiro atoms. The molecule has 168 valence electrons. The Bertz CT molecular complexity index is 1200. The van der Waals surface area contributed by atoms with Crippen molar-refractivity contribution in [2.24, 2.45) is 0 Å². The van der Waals surface area contributed by atoms with Gasteiger partial charge in [0.05, 0.1) is 15.8 Å². The van der Waals surface area contributed by atoms with Crippen LogP contribution in [0.15, 0.2) is 76.5 Å². The minimum Gasteiger partial charge on any atom is -0.325 e. The van der Waals surface area contributed by atoms with Crippen molar-refractivity contribution in [3.05, 3.63) is 82.3 Å². The fourth-order valence-corrected chi connectivity index (χ4v) is 5.12. The Labute approximate surface area is 202 Å². The van der Waals surface area contributed by atoms with Gasteiger partial charge >= 0.3 is 0 Å². The van der Waals surface area contributed by atoms with Gasteiger partial charge in [0.2, 0.25) is 5.91 Å². The lowest BCUT2D eigenvalue weighted by Crippen LogP contribution is -2.24. The molecule has 1 amide bonds. The van der Waals surface area contributed by atoms with Crippen LogP contribution in [-0.4, -0.2) is 19.6 Å². The van der Waals surface area contributed by atoms with E-state index in [1.54, 1.807) is 42.5 Å². The van der Waals surface area contributed by atoms with Crippen LogP contribution in [-0.2, 0) is 14.8 Å². The maximum Gasteiger partial charge on any atom is 0.261 e. The fraction of sp³-hybridized carbons (Fsp3) is 0.174. The van der Waals surface area contributed by atoms with Gasteiger partial charge in [-0.15, -0.1) is 11.8 Å². The van der Waals surface area contributed by atoms with E-state index < -0.39 is 10.0 Å². The third-order valence-electron chi connectivity index (χ3n) is 4.61. The number of halogens is 2. The van der Waals surface area contributed by atoms with Gasteiger partial charge < -0.3 is 5.32 Å². The van der Waals surface area contributed by atoms with Gasteiger partial charge in [-0.25, -0.2) is 8.42 Å². The van der Waals surface area contributed by atoms with Gasteiger partial charge in [0.15, 0.2) is 0 Å². The summed E-state index contributed by atoms with van der Waals surface area (Å²) in [5, 5.41) is 3.67. The van der Waals surface area contributed by atoms with Gasteiger partial charge in [0.25, 0.3) is 10.0 Å². The number of hydrogen-bond donors (Lipinski definition) is 2. The predicted molar refractivity (Wildman–Crippen MR) is 133 cm³/mol. The Hall–Kier alpha value is -2.19. The number of rotatable bonds is 8. The smallest absolute Gasteiger partial charge is 0.261 e. The summed E-state index contributed by atoms with van der Waals surface area (Å²) in [6.45, 7) is 3.77. The van der Waals surface area contributed by atoms with Crippen LogP contribution in [0.25, 0.3) is 0 Å². The summed E-state index contributed by atoms with van der Waals surface area (Å²) in [4.78, 5) is 13.7. The molecule has 1 atom stereocenters. The monoisotopic (exact) mass is 508 g/mol. The van der Waals surface area contributed by atoms with E-state index in [0.717, 1.165) is 10.5 Å². The largest absolute Gasteiger partial charge is 0.325 e. The molecule has 32 heavy (non-hydrogen) atoms. The first kappa shape index (κ1) is 24.5. The summed E-state index contributed by atoms with van der Waals surface area (Å²) < 4.78 is 27.8. The Morgan fingerprint density at radius 3 is 2.19 bits per heavy atom. The highest BCUT2D eigenvalue weighted by Crippen LogP contribution is 2.28. The molecule has 0 aliphatic carbocycles. The summed E-state index contributed by atoms with van der Waals surface area (Å²) >= 11 is 13.4. The Morgan fingerprint density at radius 1 is 0.969 bits per heavy atom. The molecular formula is C23H22Cl2N2O3S2. The van der Waals surface area contributed by atoms with Crippen LogP contribution in [0.2, 0.25) is 10.0 Å². The van der Waals surface area contributed by atoms with Crippen LogP contribution in [0.5, 0.6) is 0 Å². The van der Waals surface area contributed by atoms with Crippen molar-refractivity contribution in [1.29, 1.82) is 0 Å². The second-order valence-corrected chi connectivity index (χ2v) is 10.9. The van der Waals surface area contributed by atoms with Crippen LogP contribution in [0.4, 0.5) is 11.4 Å². The summed E-state index contributed by atoms with van der Waals surface area (Å²) in [5.41, 5.74) is 1.75. The van der Waals surface area contributed by atoms with E-state index in [9.17, 15) is 13.2 Å². The lowest BCUT2D eigenvalue weighted by molar-refractivity contribution is -0.115. The molecule has 0 aromatic heterocycles. The van der Waals surface area contributed by atoms with E-state index in [2.05, 4.69) is 10.0 Å². The molecule has 0 bridgehead atoms. The molecule has 0 aliphatic heterocycles. The molecule has 3 aromatic carbocycles. The van der Waals surface area contributed by atoms with Gasteiger partial charge in [-0.3, -0.25) is 9.52 Å². The van der Waals surface area contributed by atoms with E-state index in [1.807, 2.05) is 26.0 Å². The van der Waals surface area contributed by atoms with Crippen molar-refractivity contribution >= 4 is 62.3 Å². The van der Waals surface area contributed by atoms with Crippen LogP contribution in [0.3, 0.4) is 0 Å². The molecule has 0 saturated heterocycles. The Kier molecular flexibility index (Phi) is 8.11. The van der Waals surface area contributed by atoms with Crippen molar-refractivity contribution < 1.29 is 13.2 Å². The Balaban J connectivity index is 1.66. The minimum absolute atomic E-state index is 0.0785. The maximum atomic E-state index is 12.7. The third kappa shape index (κ3) is 6.42. The van der Waals surface area contributed by atoms with Gasteiger partial charge in [-0.1, -0.05) is 36.2 Å². The van der Waals surface area contributed by atoms with E-state index in [0.29, 0.717) is 27.8 Å². The minimum atomic E-state index is -3.79. The fourth-order valence-electron chi connectivity index (χ4n) is 2.81. The van der Waals surface area contributed by atoms with Gasteiger partial charge in [0.1, 0.15) is 0 Å². The average molecular weight is 509 g/mol. The molecule has 0 heterocycles. The highest BCUT2D eigenvalue weighted by atomic mass is 35.5. The molecule has 0 aliphatic rings. The highest BCUT2D eigenvalue weighted by Gasteiger charge is 2.19. The summed E-state index contributed by atoms with van der Waals surface area (Å²) in [6.07, 6.45) is 0.634. The average Bonchev–Trinajstić information content (AvgIpc) is 2.76.